The Morgan fingerprint density at radius 1 is 1.33 bits per heavy atom. The second-order valence-corrected chi connectivity index (χ2v) is 4.10. The summed E-state index contributed by atoms with van der Waals surface area (Å²) in [6.07, 6.45) is 3.32. The largest absolute Gasteiger partial charge is 0.398 e. The zero-order valence-corrected chi connectivity index (χ0v) is 9.76. The lowest BCUT2D eigenvalue weighted by molar-refractivity contribution is 0.613. The molecule has 0 fully saturated rings. The number of nitrogens with two attached hydrogens (primary N) is 1. The van der Waals surface area contributed by atoms with Crippen molar-refractivity contribution in [2.45, 2.75) is 6.92 Å². The summed E-state index contributed by atoms with van der Waals surface area (Å²) in [6.45, 7) is 1.85. The van der Waals surface area contributed by atoms with E-state index in [1.807, 2.05) is 19.1 Å². The topological polar surface area (TPSA) is 56.7 Å². The van der Waals surface area contributed by atoms with E-state index in [9.17, 15) is 4.39 Å². The van der Waals surface area contributed by atoms with Crippen LogP contribution in [0.3, 0.4) is 0 Å². The van der Waals surface area contributed by atoms with E-state index in [-0.39, 0.29) is 0 Å². The molecule has 2 N–H and O–H groups in total. The van der Waals surface area contributed by atoms with Crippen LogP contribution in [0, 0.1) is 12.7 Å². The summed E-state index contributed by atoms with van der Waals surface area (Å²) in [5, 5.41) is 4.94. The van der Waals surface area contributed by atoms with Crippen molar-refractivity contribution in [1.29, 1.82) is 0 Å². The van der Waals surface area contributed by atoms with Gasteiger partial charge in [-0.25, -0.2) is 9.07 Å². The Balaban J connectivity index is 2.41. The highest BCUT2D eigenvalue weighted by molar-refractivity contribution is 5.95. The average Bonchev–Trinajstić information content (AvgIpc) is 2.76. The molecule has 3 aromatic rings. The van der Waals surface area contributed by atoms with Gasteiger partial charge in [0.1, 0.15) is 11.2 Å². The van der Waals surface area contributed by atoms with Crippen LogP contribution >= 0.6 is 0 Å². The highest BCUT2D eigenvalue weighted by atomic mass is 19.1. The standard InChI is InChI=1S/C13H11FN4/c1-8-4-6-18(17-8)13-10(14)7-11(15)9-3-2-5-16-12(9)13/h2-7H,15H2,1H3. The molecule has 18 heavy (non-hydrogen) atoms. The van der Waals surface area contributed by atoms with Crippen molar-refractivity contribution >= 4 is 16.6 Å². The normalized spacial score (nSPS) is 11.0. The van der Waals surface area contributed by atoms with Crippen LogP contribution in [0.5, 0.6) is 0 Å². The molecule has 1 aromatic carbocycles. The Hall–Kier alpha value is -2.43. The third-order valence-electron chi connectivity index (χ3n) is 2.80. The quantitative estimate of drug-likeness (QED) is 0.667. The van der Waals surface area contributed by atoms with Gasteiger partial charge in [-0.05, 0) is 31.2 Å². The van der Waals surface area contributed by atoms with Crippen LogP contribution in [-0.4, -0.2) is 14.8 Å². The number of hydrogen-bond donors (Lipinski definition) is 1. The maximum Gasteiger partial charge on any atom is 0.153 e. The van der Waals surface area contributed by atoms with Gasteiger partial charge in [0.25, 0.3) is 0 Å². The zero-order chi connectivity index (χ0) is 12.7. The molecule has 0 radical (unpaired) electrons. The smallest absolute Gasteiger partial charge is 0.153 e. The van der Waals surface area contributed by atoms with Gasteiger partial charge in [-0.2, -0.15) is 5.10 Å². The van der Waals surface area contributed by atoms with Crippen LogP contribution in [0.15, 0.2) is 36.7 Å². The van der Waals surface area contributed by atoms with Crippen molar-refractivity contribution in [2.24, 2.45) is 0 Å². The lowest BCUT2D eigenvalue weighted by atomic mass is 10.1. The molecule has 90 valence electrons. The number of aromatic nitrogens is 3. The van der Waals surface area contributed by atoms with E-state index >= 15 is 0 Å². The molecule has 0 saturated heterocycles. The van der Waals surface area contributed by atoms with Crippen molar-refractivity contribution in [3.8, 4) is 5.69 Å². The van der Waals surface area contributed by atoms with Crippen LogP contribution in [-0.2, 0) is 0 Å². The first kappa shape index (κ1) is 10.7. The number of nitrogen functional groups attached to an aromatic ring is 1. The maximum absolute atomic E-state index is 14.1. The van der Waals surface area contributed by atoms with Gasteiger partial charge in [0.2, 0.25) is 0 Å². The molecule has 0 bridgehead atoms. The summed E-state index contributed by atoms with van der Waals surface area (Å²) < 4.78 is 15.6. The highest BCUT2D eigenvalue weighted by Gasteiger charge is 2.14. The fraction of sp³-hybridized carbons (Fsp3) is 0.0769. The van der Waals surface area contributed by atoms with Crippen LogP contribution in [0.2, 0.25) is 0 Å². The molecule has 0 aliphatic carbocycles. The minimum atomic E-state index is -0.429. The molecule has 0 aliphatic rings. The summed E-state index contributed by atoms with van der Waals surface area (Å²) in [7, 11) is 0. The van der Waals surface area contributed by atoms with E-state index in [4.69, 9.17) is 5.73 Å². The SMILES string of the molecule is Cc1ccn(-c2c(F)cc(N)c3cccnc23)n1. The molecular formula is C13H11FN4. The van der Waals surface area contributed by atoms with E-state index in [2.05, 4.69) is 10.1 Å². The molecular weight excluding hydrogens is 231 g/mol. The molecule has 0 unspecified atom stereocenters. The van der Waals surface area contributed by atoms with Gasteiger partial charge < -0.3 is 5.73 Å². The van der Waals surface area contributed by atoms with Crippen molar-refractivity contribution < 1.29 is 4.39 Å². The van der Waals surface area contributed by atoms with Crippen LogP contribution in [0.25, 0.3) is 16.6 Å². The van der Waals surface area contributed by atoms with Crippen molar-refractivity contribution in [3.63, 3.8) is 0 Å². The summed E-state index contributed by atoms with van der Waals surface area (Å²) >= 11 is 0. The lowest BCUT2D eigenvalue weighted by Gasteiger charge is -2.09. The number of pyridine rings is 1. The van der Waals surface area contributed by atoms with Crippen molar-refractivity contribution in [1.82, 2.24) is 14.8 Å². The van der Waals surface area contributed by atoms with E-state index < -0.39 is 5.82 Å². The lowest BCUT2D eigenvalue weighted by Crippen LogP contribution is -2.03. The molecule has 3 rings (SSSR count). The minimum absolute atomic E-state index is 0.327. The number of halogens is 1. The average molecular weight is 242 g/mol. The Labute approximate surface area is 103 Å². The Kier molecular flexibility index (Phi) is 2.26. The summed E-state index contributed by atoms with van der Waals surface area (Å²) in [5.74, 6) is -0.429. The van der Waals surface area contributed by atoms with E-state index in [0.29, 0.717) is 16.9 Å². The molecule has 2 aromatic heterocycles. The number of rotatable bonds is 1. The Bertz CT molecular complexity index is 733. The minimum Gasteiger partial charge on any atom is -0.398 e. The van der Waals surface area contributed by atoms with Gasteiger partial charge >= 0.3 is 0 Å². The molecule has 0 atom stereocenters. The maximum atomic E-state index is 14.1. The fourth-order valence-electron chi connectivity index (χ4n) is 1.98. The van der Waals surface area contributed by atoms with E-state index in [1.54, 1.807) is 18.5 Å². The second kappa shape index (κ2) is 3.80. The molecule has 0 saturated carbocycles. The third kappa shape index (κ3) is 1.52. The molecule has 0 aliphatic heterocycles. The molecule has 2 heterocycles. The number of benzene rings is 1. The van der Waals surface area contributed by atoms with Crippen LogP contribution < -0.4 is 5.73 Å². The fourth-order valence-corrected chi connectivity index (χ4v) is 1.98. The predicted octanol–water partition coefficient (Wildman–Crippen LogP) is 2.45. The van der Waals surface area contributed by atoms with Crippen molar-refractivity contribution in [2.75, 3.05) is 5.73 Å². The van der Waals surface area contributed by atoms with E-state index in [1.165, 1.54) is 10.7 Å². The number of hydrogen-bond acceptors (Lipinski definition) is 3. The molecule has 4 nitrogen and oxygen atoms in total. The molecule has 0 amide bonds. The first-order valence-corrected chi connectivity index (χ1v) is 5.52. The third-order valence-corrected chi connectivity index (χ3v) is 2.80. The molecule has 5 heteroatoms. The monoisotopic (exact) mass is 242 g/mol. The highest BCUT2D eigenvalue weighted by Crippen LogP contribution is 2.28. The number of nitrogens with zero attached hydrogens (tertiary/aromatic N) is 3. The Morgan fingerprint density at radius 2 is 2.17 bits per heavy atom. The number of fused-ring (bicyclic) bond motifs is 1. The number of aryl methyl sites for hydroxylation is 1. The van der Waals surface area contributed by atoms with Crippen molar-refractivity contribution in [3.05, 3.63) is 48.2 Å². The second-order valence-electron chi connectivity index (χ2n) is 4.10. The van der Waals surface area contributed by atoms with Gasteiger partial charge in [0.05, 0.1) is 5.69 Å². The van der Waals surface area contributed by atoms with E-state index in [0.717, 1.165) is 11.1 Å². The number of anilines is 1. The zero-order valence-electron chi connectivity index (χ0n) is 9.76. The molecule has 0 spiro atoms. The van der Waals surface area contributed by atoms with Gasteiger partial charge in [-0.3, -0.25) is 4.98 Å². The van der Waals surface area contributed by atoms with Gasteiger partial charge in [-0.1, -0.05) is 0 Å². The first-order valence-electron chi connectivity index (χ1n) is 5.52. The summed E-state index contributed by atoms with van der Waals surface area (Å²) in [5.41, 5.74) is 7.83. The van der Waals surface area contributed by atoms with Gasteiger partial charge in [0, 0.05) is 23.5 Å². The first-order chi connectivity index (χ1) is 8.66. The summed E-state index contributed by atoms with van der Waals surface area (Å²) in [6, 6.07) is 6.70. The van der Waals surface area contributed by atoms with Crippen LogP contribution in [0.4, 0.5) is 10.1 Å². The Morgan fingerprint density at radius 3 is 2.89 bits per heavy atom. The summed E-state index contributed by atoms with van der Waals surface area (Å²) in [4.78, 5) is 4.21. The van der Waals surface area contributed by atoms with Gasteiger partial charge in [-0.15, -0.1) is 0 Å². The predicted molar refractivity (Wildman–Crippen MR) is 68.0 cm³/mol. The van der Waals surface area contributed by atoms with Crippen LogP contribution in [0.1, 0.15) is 5.69 Å². The van der Waals surface area contributed by atoms with Gasteiger partial charge in [0.15, 0.2) is 5.82 Å².